The molecule has 2 aromatic carbocycles. The molecular formula is C19H20N2O. The summed E-state index contributed by atoms with van der Waals surface area (Å²) in [5.41, 5.74) is 11.6. The van der Waals surface area contributed by atoms with Crippen molar-refractivity contribution in [2.24, 2.45) is 11.7 Å². The van der Waals surface area contributed by atoms with E-state index >= 15 is 0 Å². The number of hydrogen-bond acceptors (Lipinski definition) is 3. The van der Waals surface area contributed by atoms with Crippen LogP contribution < -0.4 is 5.73 Å². The monoisotopic (exact) mass is 292 g/mol. The van der Waals surface area contributed by atoms with Crippen molar-refractivity contribution in [3.63, 3.8) is 0 Å². The van der Waals surface area contributed by atoms with E-state index in [0.717, 1.165) is 34.6 Å². The van der Waals surface area contributed by atoms with Crippen molar-refractivity contribution in [2.45, 2.75) is 32.2 Å². The van der Waals surface area contributed by atoms with Gasteiger partial charge in [-0.15, -0.1) is 0 Å². The summed E-state index contributed by atoms with van der Waals surface area (Å²) in [6.07, 6.45) is 3.70. The van der Waals surface area contributed by atoms with Crippen LogP contribution in [0, 0.1) is 12.8 Å². The van der Waals surface area contributed by atoms with Gasteiger partial charge in [-0.05, 0) is 42.5 Å². The largest absolute Gasteiger partial charge is 0.356 e. The number of aryl methyl sites for hydroxylation is 1. The Morgan fingerprint density at radius 3 is 2.86 bits per heavy atom. The lowest BCUT2D eigenvalue weighted by Gasteiger charge is -2.15. The van der Waals surface area contributed by atoms with E-state index in [0.29, 0.717) is 0 Å². The van der Waals surface area contributed by atoms with Gasteiger partial charge in [-0.3, -0.25) is 0 Å². The second-order valence-electron chi connectivity index (χ2n) is 6.40. The first-order valence-electron chi connectivity index (χ1n) is 7.93. The molecule has 3 heteroatoms. The van der Waals surface area contributed by atoms with Crippen LogP contribution in [0.15, 0.2) is 47.0 Å². The number of aromatic nitrogens is 1. The zero-order valence-corrected chi connectivity index (χ0v) is 12.8. The van der Waals surface area contributed by atoms with Gasteiger partial charge >= 0.3 is 0 Å². The van der Waals surface area contributed by atoms with Gasteiger partial charge in [0.2, 0.25) is 0 Å². The van der Waals surface area contributed by atoms with Gasteiger partial charge in [-0.25, -0.2) is 0 Å². The van der Waals surface area contributed by atoms with E-state index in [1.807, 2.05) is 12.1 Å². The average Bonchev–Trinajstić information content (AvgIpc) is 3.24. The number of nitrogens with zero attached hydrogens (tertiary/aromatic N) is 1. The molecule has 3 nitrogen and oxygen atoms in total. The molecule has 1 saturated carbocycles. The third-order valence-electron chi connectivity index (χ3n) is 4.53. The van der Waals surface area contributed by atoms with Crippen molar-refractivity contribution in [2.75, 3.05) is 0 Å². The van der Waals surface area contributed by atoms with E-state index in [1.165, 1.54) is 24.0 Å². The molecule has 4 rings (SSSR count). The van der Waals surface area contributed by atoms with Crippen molar-refractivity contribution in [3.05, 3.63) is 53.6 Å². The highest BCUT2D eigenvalue weighted by atomic mass is 16.5. The predicted molar refractivity (Wildman–Crippen MR) is 88.5 cm³/mol. The van der Waals surface area contributed by atoms with Crippen molar-refractivity contribution in [1.82, 2.24) is 5.16 Å². The first-order chi connectivity index (χ1) is 10.7. The van der Waals surface area contributed by atoms with E-state index in [9.17, 15) is 0 Å². The summed E-state index contributed by atoms with van der Waals surface area (Å²) < 4.78 is 5.52. The maximum absolute atomic E-state index is 6.45. The second kappa shape index (κ2) is 5.25. The lowest BCUT2D eigenvalue weighted by atomic mass is 9.94. The van der Waals surface area contributed by atoms with E-state index in [2.05, 4.69) is 42.4 Å². The van der Waals surface area contributed by atoms with Crippen LogP contribution in [0.5, 0.6) is 0 Å². The fourth-order valence-electron chi connectivity index (χ4n) is 3.11. The fraction of sp³-hybridized carbons (Fsp3) is 0.316. The molecule has 0 amide bonds. The summed E-state index contributed by atoms with van der Waals surface area (Å²) in [7, 11) is 0. The minimum atomic E-state index is 0.0703. The van der Waals surface area contributed by atoms with Crippen molar-refractivity contribution < 1.29 is 4.52 Å². The normalized spacial score (nSPS) is 16.1. The van der Waals surface area contributed by atoms with E-state index in [1.54, 1.807) is 0 Å². The maximum atomic E-state index is 6.45. The van der Waals surface area contributed by atoms with Gasteiger partial charge in [0.05, 0.1) is 0 Å². The highest BCUT2D eigenvalue weighted by molar-refractivity contribution is 5.92. The van der Waals surface area contributed by atoms with Crippen LogP contribution in [0.1, 0.15) is 36.4 Å². The van der Waals surface area contributed by atoms with Crippen LogP contribution in [-0.2, 0) is 0 Å². The summed E-state index contributed by atoms with van der Waals surface area (Å²) in [5, 5.41) is 5.37. The Bertz CT molecular complexity index is 817. The molecule has 0 saturated heterocycles. The zero-order valence-electron chi connectivity index (χ0n) is 12.8. The molecule has 1 aliphatic rings. The minimum Gasteiger partial charge on any atom is -0.356 e. The highest BCUT2D eigenvalue weighted by Crippen LogP contribution is 2.39. The van der Waals surface area contributed by atoms with E-state index in [4.69, 9.17) is 10.3 Å². The molecule has 3 aromatic rings. The lowest BCUT2D eigenvalue weighted by Crippen LogP contribution is -2.12. The Kier molecular flexibility index (Phi) is 3.23. The smallest absolute Gasteiger partial charge is 0.167 e. The van der Waals surface area contributed by atoms with Crippen LogP contribution in [0.4, 0.5) is 0 Å². The Morgan fingerprint density at radius 1 is 1.23 bits per heavy atom. The minimum absolute atomic E-state index is 0.0703. The molecule has 0 spiro atoms. The molecule has 0 bridgehead atoms. The fourth-order valence-corrected chi connectivity index (χ4v) is 3.11. The van der Waals surface area contributed by atoms with Crippen LogP contribution in [0.2, 0.25) is 0 Å². The Morgan fingerprint density at radius 2 is 2.05 bits per heavy atom. The van der Waals surface area contributed by atoms with Gasteiger partial charge in [0.15, 0.2) is 5.58 Å². The number of nitrogens with two attached hydrogens (primary N) is 1. The summed E-state index contributed by atoms with van der Waals surface area (Å²) in [4.78, 5) is 0. The molecule has 1 atom stereocenters. The standard InChI is InChI=1S/C19H20N2O/c1-12-6-9-16-18(10-12)22-21-19(16)15-5-3-2-4-14(15)17(20)11-13-7-8-13/h2-6,9-10,13,17H,7-8,11,20H2,1H3. The Balaban J connectivity index is 1.80. The van der Waals surface area contributed by atoms with Crippen molar-refractivity contribution in [1.29, 1.82) is 0 Å². The van der Waals surface area contributed by atoms with Gasteiger partial charge in [-0.1, -0.05) is 48.3 Å². The molecule has 22 heavy (non-hydrogen) atoms. The topological polar surface area (TPSA) is 52.0 Å². The first kappa shape index (κ1) is 13.5. The van der Waals surface area contributed by atoms with Crippen LogP contribution >= 0.6 is 0 Å². The van der Waals surface area contributed by atoms with Gasteiger partial charge in [-0.2, -0.15) is 0 Å². The van der Waals surface area contributed by atoms with Crippen LogP contribution in [-0.4, -0.2) is 5.16 Å². The SMILES string of the molecule is Cc1ccc2c(-c3ccccc3C(N)CC3CC3)noc2c1. The average molecular weight is 292 g/mol. The summed E-state index contributed by atoms with van der Waals surface area (Å²) in [6.45, 7) is 2.06. The number of rotatable bonds is 4. The lowest BCUT2D eigenvalue weighted by molar-refractivity contribution is 0.459. The molecule has 2 N–H and O–H groups in total. The van der Waals surface area contributed by atoms with Gasteiger partial charge in [0.25, 0.3) is 0 Å². The van der Waals surface area contributed by atoms with E-state index in [-0.39, 0.29) is 6.04 Å². The maximum Gasteiger partial charge on any atom is 0.167 e. The molecule has 0 aliphatic heterocycles. The van der Waals surface area contributed by atoms with Crippen LogP contribution in [0.25, 0.3) is 22.2 Å². The third-order valence-corrected chi connectivity index (χ3v) is 4.53. The first-order valence-corrected chi connectivity index (χ1v) is 7.93. The Hall–Kier alpha value is -2.13. The van der Waals surface area contributed by atoms with Gasteiger partial charge in [0.1, 0.15) is 5.69 Å². The third kappa shape index (κ3) is 2.42. The zero-order chi connectivity index (χ0) is 15.1. The highest BCUT2D eigenvalue weighted by Gasteiger charge is 2.26. The summed E-state index contributed by atoms with van der Waals surface area (Å²) in [5.74, 6) is 0.805. The summed E-state index contributed by atoms with van der Waals surface area (Å²) in [6, 6.07) is 14.6. The van der Waals surface area contributed by atoms with Crippen molar-refractivity contribution in [3.8, 4) is 11.3 Å². The van der Waals surface area contributed by atoms with Gasteiger partial charge in [0, 0.05) is 17.0 Å². The molecule has 1 unspecified atom stereocenters. The van der Waals surface area contributed by atoms with Gasteiger partial charge < -0.3 is 10.3 Å². The van der Waals surface area contributed by atoms with Crippen molar-refractivity contribution >= 4 is 11.0 Å². The number of benzene rings is 2. The predicted octanol–water partition coefficient (Wildman–Crippen LogP) is 4.60. The molecule has 0 radical (unpaired) electrons. The van der Waals surface area contributed by atoms with Crippen LogP contribution in [0.3, 0.4) is 0 Å². The number of fused-ring (bicyclic) bond motifs is 1. The Labute approximate surface area is 130 Å². The summed E-state index contributed by atoms with van der Waals surface area (Å²) >= 11 is 0. The molecule has 112 valence electrons. The van der Waals surface area contributed by atoms with E-state index < -0.39 is 0 Å². The number of hydrogen-bond donors (Lipinski definition) is 1. The molecule has 1 fully saturated rings. The quantitative estimate of drug-likeness (QED) is 0.764. The second-order valence-corrected chi connectivity index (χ2v) is 6.40. The molecular weight excluding hydrogens is 272 g/mol. The molecule has 1 aromatic heterocycles. The molecule has 1 aliphatic carbocycles. The molecule has 1 heterocycles.